The normalized spacial score (nSPS) is 14.5. The number of aromatic nitrogens is 2. The van der Waals surface area contributed by atoms with E-state index in [1.54, 1.807) is 16.5 Å². The summed E-state index contributed by atoms with van der Waals surface area (Å²) in [6.45, 7) is 3.90. The molecule has 2 aromatic heterocycles. The summed E-state index contributed by atoms with van der Waals surface area (Å²) >= 11 is 0. The lowest BCUT2D eigenvalue weighted by atomic mass is 9.89. The van der Waals surface area contributed by atoms with E-state index in [0.29, 0.717) is 30.0 Å². The number of carbonyl (C=O) groups excluding carboxylic acids is 1. The van der Waals surface area contributed by atoms with E-state index in [-0.39, 0.29) is 17.6 Å². The van der Waals surface area contributed by atoms with Gasteiger partial charge in [0, 0.05) is 37.6 Å². The molecular formula is C29H28F4N4O2. The zero-order valence-corrected chi connectivity index (χ0v) is 21.3. The number of benzene rings is 2. The van der Waals surface area contributed by atoms with Crippen LogP contribution in [0.4, 0.5) is 23.2 Å². The molecule has 5 rings (SSSR count). The highest BCUT2D eigenvalue weighted by Gasteiger charge is 2.31. The van der Waals surface area contributed by atoms with E-state index in [0.717, 1.165) is 42.7 Å². The first-order valence-corrected chi connectivity index (χ1v) is 12.8. The molecule has 1 amide bonds. The molecule has 1 saturated heterocycles. The van der Waals surface area contributed by atoms with E-state index in [1.165, 1.54) is 30.5 Å². The summed E-state index contributed by atoms with van der Waals surface area (Å²) < 4.78 is 56.3. The highest BCUT2D eigenvalue weighted by Crippen LogP contribution is 2.32. The number of amides is 1. The molecule has 0 aliphatic carbocycles. The molecule has 1 aliphatic heterocycles. The quantitative estimate of drug-likeness (QED) is 0.282. The third kappa shape index (κ3) is 6.16. The average Bonchev–Trinajstić information content (AvgIpc) is 3.29. The Morgan fingerprint density at radius 1 is 1.05 bits per heavy atom. The van der Waals surface area contributed by atoms with Gasteiger partial charge in [-0.25, -0.2) is 9.37 Å². The van der Waals surface area contributed by atoms with Gasteiger partial charge < -0.3 is 15.0 Å². The molecule has 0 unspecified atom stereocenters. The van der Waals surface area contributed by atoms with Crippen LogP contribution in [0.2, 0.25) is 0 Å². The molecule has 3 heterocycles. The highest BCUT2D eigenvalue weighted by molar-refractivity contribution is 5.94. The molecule has 6 nitrogen and oxygen atoms in total. The third-order valence-electron chi connectivity index (χ3n) is 7.04. The van der Waals surface area contributed by atoms with Crippen LogP contribution in [-0.2, 0) is 13.0 Å². The number of nitrogens with one attached hydrogen (secondary N) is 1. The SMILES string of the molecule is CCc1nc2cc(F)ccn2c1C(=O)NCc1ccc(N2CCC(c3ccc(OC(F)(F)F)cc3)CC2)cc1. The minimum Gasteiger partial charge on any atom is -0.406 e. The molecule has 10 heteroatoms. The van der Waals surface area contributed by atoms with Gasteiger partial charge in [0.25, 0.3) is 5.91 Å². The molecule has 1 fully saturated rings. The second-order valence-corrected chi connectivity index (χ2v) is 9.56. The van der Waals surface area contributed by atoms with Crippen molar-refractivity contribution in [2.75, 3.05) is 18.0 Å². The van der Waals surface area contributed by atoms with Crippen LogP contribution in [0.1, 0.15) is 53.0 Å². The minimum atomic E-state index is -4.69. The number of hydrogen-bond acceptors (Lipinski definition) is 4. The van der Waals surface area contributed by atoms with Crippen molar-refractivity contribution in [3.63, 3.8) is 0 Å². The number of fused-ring (bicyclic) bond motifs is 1. The number of anilines is 1. The first-order chi connectivity index (χ1) is 18.7. The van der Waals surface area contributed by atoms with Gasteiger partial charge in [0.1, 0.15) is 22.9 Å². The molecule has 204 valence electrons. The predicted octanol–water partition coefficient (Wildman–Crippen LogP) is 6.25. The maximum atomic E-state index is 13.6. The smallest absolute Gasteiger partial charge is 0.406 e. The fourth-order valence-corrected chi connectivity index (χ4v) is 5.06. The number of aryl methyl sites for hydroxylation is 1. The van der Waals surface area contributed by atoms with Crippen LogP contribution >= 0.6 is 0 Å². The summed E-state index contributed by atoms with van der Waals surface area (Å²) in [5, 5.41) is 2.94. The Bertz CT molecular complexity index is 1440. The number of ether oxygens (including phenoxy) is 1. The minimum absolute atomic E-state index is 0.209. The van der Waals surface area contributed by atoms with Crippen LogP contribution in [0.25, 0.3) is 5.65 Å². The largest absolute Gasteiger partial charge is 0.573 e. The van der Waals surface area contributed by atoms with Gasteiger partial charge in [-0.05, 0) is 66.6 Å². The number of imidazole rings is 1. The zero-order chi connectivity index (χ0) is 27.6. The van der Waals surface area contributed by atoms with Gasteiger partial charge in [-0.3, -0.25) is 9.20 Å². The molecule has 1 N–H and O–H groups in total. The molecule has 0 atom stereocenters. The van der Waals surface area contributed by atoms with Crippen LogP contribution in [0, 0.1) is 5.82 Å². The number of alkyl halides is 3. The monoisotopic (exact) mass is 540 g/mol. The van der Waals surface area contributed by atoms with E-state index in [4.69, 9.17) is 0 Å². The van der Waals surface area contributed by atoms with Crippen molar-refractivity contribution in [1.29, 1.82) is 0 Å². The van der Waals surface area contributed by atoms with Crippen molar-refractivity contribution in [1.82, 2.24) is 14.7 Å². The molecule has 4 aromatic rings. The molecule has 0 spiro atoms. The Morgan fingerprint density at radius 3 is 2.38 bits per heavy atom. The Morgan fingerprint density at radius 2 is 1.74 bits per heavy atom. The number of rotatable bonds is 7. The summed E-state index contributed by atoms with van der Waals surface area (Å²) in [6, 6.07) is 16.8. The maximum Gasteiger partial charge on any atom is 0.573 e. The molecule has 39 heavy (non-hydrogen) atoms. The first-order valence-electron chi connectivity index (χ1n) is 12.8. The van der Waals surface area contributed by atoms with Gasteiger partial charge in [0.05, 0.1) is 5.69 Å². The molecule has 0 radical (unpaired) electrons. The van der Waals surface area contributed by atoms with Crippen molar-refractivity contribution < 1.29 is 27.1 Å². The summed E-state index contributed by atoms with van der Waals surface area (Å²) in [4.78, 5) is 19.6. The van der Waals surface area contributed by atoms with Gasteiger partial charge in [-0.2, -0.15) is 0 Å². The number of carbonyl (C=O) groups is 1. The van der Waals surface area contributed by atoms with Gasteiger partial charge >= 0.3 is 6.36 Å². The summed E-state index contributed by atoms with van der Waals surface area (Å²) in [5.41, 5.74) is 4.46. The van der Waals surface area contributed by atoms with Gasteiger partial charge in [0.2, 0.25) is 0 Å². The van der Waals surface area contributed by atoms with Crippen molar-refractivity contribution in [3.05, 3.63) is 95.2 Å². The van der Waals surface area contributed by atoms with Crippen molar-refractivity contribution >= 4 is 17.2 Å². The Labute approximate surface area is 223 Å². The maximum absolute atomic E-state index is 13.6. The standard InChI is InChI=1S/C29H28F4N4O2/c1-2-25-27(37-16-13-22(30)17-26(37)35-25)28(38)34-18-19-3-7-23(8-4-19)36-14-11-21(12-15-36)20-5-9-24(10-6-20)39-29(31,32)33/h3-10,13,16-17,21H,2,11-12,14-15,18H2,1H3,(H,34,38). The molecule has 2 aromatic carbocycles. The fourth-order valence-electron chi connectivity index (χ4n) is 5.06. The van der Waals surface area contributed by atoms with Gasteiger partial charge in [0.15, 0.2) is 0 Å². The van der Waals surface area contributed by atoms with E-state index < -0.39 is 12.2 Å². The molecular weight excluding hydrogens is 512 g/mol. The molecule has 0 saturated carbocycles. The van der Waals surface area contributed by atoms with E-state index >= 15 is 0 Å². The van der Waals surface area contributed by atoms with Crippen LogP contribution in [0.3, 0.4) is 0 Å². The van der Waals surface area contributed by atoms with E-state index in [2.05, 4.69) is 19.9 Å². The Hall–Kier alpha value is -4.08. The van der Waals surface area contributed by atoms with E-state index in [1.807, 2.05) is 31.2 Å². The van der Waals surface area contributed by atoms with Gasteiger partial charge in [-0.1, -0.05) is 31.2 Å². The first kappa shape index (κ1) is 26.5. The summed E-state index contributed by atoms with van der Waals surface area (Å²) in [6.07, 6.45) is -0.847. The number of piperidine rings is 1. The third-order valence-corrected chi connectivity index (χ3v) is 7.04. The predicted molar refractivity (Wildman–Crippen MR) is 139 cm³/mol. The van der Waals surface area contributed by atoms with Gasteiger partial charge in [-0.15, -0.1) is 13.2 Å². The number of nitrogens with zero attached hydrogens (tertiary/aromatic N) is 3. The van der Waals surface area contributed by atoms with E-state index in [9.17, 15) is 22.4 Å². The van der Waals surface area contributed by atoms with Crippen LogP contribution < -0.4 is 15.0 Å². The number of halogens is 4. The lowest BCUT2D eigenvalue weighted by molar-refractivity contribution is -0.274. The summed E-state index contributed by atoms with van der Waals surface area (Å²) in [7, 11) is 0. The Kier molecular flexibility index (Phi) is 7.45. The summed E-state index contributed by atoms with van der Waals surface area (Å²) in [5.74, 6) is -0.602. The van der Waals surface area contributed by atoms with Crippen LogP contribution in [0.15, 0.2) is 66.9 Å². The van der Waals surface area contributed by atoms with Crippen molar-refractivity contribution in [2.24, 2.45) is 0 Å². The van der Waals surface area contributed by atoms with Crippen molar-refractivity contribution in [2.45, 2.75) is 45.0 Å². The average molecular weight is 541 g/mol. The molecule has 0 bridgehead atoms. The van der Waals surface area contributed by atoms with Crippen LogP contribution in [0.5, 0.6) is 5.75 Å². The van der Waals surface area contributed by atoms with Crippen molar-refractivity contribution in [3.8, 4) is 5.75 Å². The molecule has 1 aliphatic rings. The topological polar surface area (TPSA) is 58.9 Å². The fraction of sp³-hybridized carbons (Fsp3) is 0.310. The lowest BCUT2D eigenvalue weighted by Crippen LogP contribution is -2.32. The number of pyridine rings is 1. The second-order valence-electron chi connectivity index (χ2n) is 9.56. The number of hydrogen-bond donors (Lipinski definition) is 1. The lowest BCUT2D eigenvalue weighted by Gasteiger charge is -2.34. The highest BCUT2D eigenvalue weighted by atomic mass is 19.4. The second kappa shape index (κ2) is 11.0. The Balaban J connectivity index is 1.15. The zero-order valence-electron chi connectivity index (χ0n) is 21.3. The van der Waals surface area contributed by atoms with Crippen LogP contribution in [-0.4, -0.2) is 34.7 Å².